The zero-order chi connectivity index (χ0) is 21.3. The molecule has 4 heteroatoms. The van der Waals surface area contributed by atoms with Gasteiger partial charge in [0.2, 0.25) is 0 Å². The Bertz CT molecular complexity index is 1060. The molecule has 160 valence electrons. The number of pyridine rings is 1. The Labute approximate surface area is 210 Å². The van der Waals surface area contributed by atoms with Crippen molar-refractivity contribution in [2.75, 3.05) is 0 Å². The van der Waals surface area contributed by atoms with Crippen molar-refractivity contribution < 1.29 is 21.1 Å². The predicted octanol–water partition coefficient (Wildman–Crippen LogP) is 6.77. The van der Waals surface area contributed by atoms with Gasteiger partial charge < -0.3 is 30.2 Å². The van der Waals surface area contributed by atoms with Gasteiger partial charge in [0.1, 0.15) is 0 Å². The smallest absolute Gasteiger partial charge is 0.0190 e. The first-order valence-corrected chi connectivity index (χ1v) is 10.5. The Morgan fingerprint density at radius 2 is 1.26 bits per heavy atom. The van der Waals surface area contributed by atoms with E-state index in [4.69, 9.17) is 25.3 Å². The summed E-state index contributed by atoms with van der Waals surface area (Å²) in [6.07, 6.45) is 1.88. The number of nitrogens with zero attached hydrogens (tertiary/aromatic N) is 1. The van der Waals surface area contributed by atoms with Gasteiger partial charge >= 0.3 is 0 Å². The zero-order valence-corrected chi connectivity index (χ0v) is 21.2. The molecule has 4 rings (SSSR count). The molecule has 0 unspecified atom stereocenters. The first-order chi connectivity index (χ1) is 14.5. The van der Waals surface area contributed by atoms with E-state index >= 15 is 0 Å². The van der Waals surface area contributed by atoms with Crippen LogP contribution in [0.5, 0.6) is 0 Å². The molecule has 0 bridgehead atoms. The molecular formula is C27H22NPtS2-3. The maximum Gasteiger partial charge on any atom is 0.0190 e. The minimum absolute atomic E-state index is 0. The van der Waals surface area contributed by atoms with E-state index < -0.39 is 0 Å². The number of rotatable bonds is 3. The Balaban J connectivity index is 0.000000215. The fourth-order valence-corrected chi connectivity index (χ4v) is 3.30. The molecule has 1 aromatic heterocycles. The van der Waals surface area contributed by atoms with Gasteiger partial charge in [-0.3, -0.25) is 0 Å². The molecule has 0 saturated heterocycles. The Morgan fingerprint density at radius 1 is 0.710 bits per heavy atom. The van der Waals surface area contributed by atoms with E-state index in [9.17, 15) is 0 Å². The minimum atomic E-state index is 0. The van der Waals surface area contributed by atoms with Crippen LogP contribution in [0.15, 0.2) is 97.2 Å². The Morgan fingerprint density at radius 3 is 1.71 bits per heavy atom. The number of aryl methyl sites for hydroxylation is 2. The number of hydrogen-bond donors (Lipinski definition) is 0. The van der Waals surface area contributed by atoms with Crippen molar-refractivity contribution in [2.45, 2.75) is 13.8 Å². The maximum absolute atomic E-state index is 5.38. The van der Waals surface area contributed by atoms with Crippen LogP contribution in [0.25, 0.3) is 21.1 Å². The van der Waals surface area contributed by atoms with Crippen molar-refractivity contribution >= 4 is 35.1 Å². The molecule has 0 aliphatic carbocycles. The standard InChI is InChI=1S/C14H12S2.C13H12N.Pt/c15-13(11-7-3-1-4-8-11)14(16)12-9-5-2-6-10-12;1-10-4-3-5-12(8-10)13-7-6-11(2)9-14-13;/h1-10,15-16H;3-4,6-9H,1-2H3;/q;-1;/p-2/b14-13-;;. The van der Waals surface area contributed by atoms with Crippen molar-refractivity contribution in [1.82, 2.24) is 4.98 Å². The van der Waals surface area contributed by atoms with Gasteiger partial charge in [-0.05, 0) is 29.3 Å². The minimum Gasteiger partial charge on any atom is -0.781 e. The molecule has 1 heterocycles. The van der Waals surface area contributed by atoms with Gasteiger partial charge in [-0.25, -0.2) is 0 Å². The average Bonchev–Trinajstić information content (AvgIpc) is 2.80. The summed E-state index contributed by atoms with van der Waals surface area (Å²) in [5.41, 5.74) is 6.48. The van der Waals surface area contributed by atoms with Crippen LogP contribution < -0.4 is 0 Å². The molecule has 1 nitrogen and oxygen atoms in total. The zero-order valence-electron chi connectivity index (χ0n) is 17.3. The fourth-order valence-electron chi connectivity index (χ4n) is 2.80. The van der Waals surface area contributed by atoms with Crippen LogP contribution in [0.2, 0.25) is 0 Å². The molecule has 0 radical (unpaired) electrons. The normalized spacial score (nSPS) is 10.8. The van der Waals surface area contributed by atoms with Gasteiger partial charge in [-0.15, -0.1) is 35.4 Å². The second-order valence-electron chi connectivity index (χ2n) is 6.89. The third kappa shape index (κ3) is 7.40. The van der Waals surface area contributed by atoms with E-state index in [0.717, 1.165) is 32.2 Å². The quantitative estimate of drug-likeness (QED) is 0.143. The summed E-state index contributed by atoms with van der Waals surface area (Å²) < 4.78 is 0. The largest absolute Gasteiger partial charge is 0.781 e. The van der Waals surface area contributed by atoms with E-state index in [1.165, 1.54) is 11.1 Å². The maximum atomic E-state index is 5.38. The summed E-state index contributed by atoms with van der Waals surface area (Å²) >= 11 is 10.8. The number of aromatic nitrogens is 1. The fraction of sp³-hybridized carbons (Fsp3) is 0.0741. The van der Waals surface area contributed by atoms with Crippen LogP contribution in [0, 0.1) is 19.9 Å². The predicted molar refractivity (Wildman–Crippen MR) is 132 cm³/mol. The third-order valence-electron chi connectivity index (χ3n) is 4.42. The molecule has 0 spiro atoms. The van der Waals surface area contributed by atoms with E-state index in [1.807, 2.05) is 92.0 Å². The van der Waals surface area contributed by atoms with E-state index in [2.05, 4.69) is 30.1 Å². The topological polar surface area (TPSA) is 12.9 Å². The summed E-state index contributed by atoms with van der Waals surface area (Å²) in [6, 6.07) is 33.1. The molecule has 0 amide bonds. The van der Waals surface area contributed by atoms with E-state index in [1.54, 1.807) is 0 Å². The van der Waals surface area contributed by atoms with Gasteiger partial charge in [0.15, 0.2) is 0 Å². The van der Waals surface area contributed by atoms with E-state index in [0.29, 0.717) is 0 Å². The molecule has 0 saturated carbocycles. The van der Waals surface area contributed by atoms with Gasteiger partial charge in [0, 0.05) is 27.3 Å². The summed E-state index contributed by atoms with van der Waals surface area (Å²) in [5.74, 6) is 0. The van der Waals surface area contributed by atoms with Crippen molar-refractivity contribution in [3.8, 4) is 11.3 Å². The summed E-state index contributed by atoms with van der Waals surface area (Å²) in [7, 11) is 0. The average molecular weight is 620 g/mol. The molecule has 31 heavy (non-hydrogen) atoms. The van der Waals surface area contributed by atoms with E-state index in [-0.39, 0.29) is 21.1 Å². The van der Waals surface area contributed by atoms with Gasteiger partial charge in [-0.2, -0.15) is 9.81 Å². The van der Waals surface area contributed by atoms with Crippen molar-refractivity contribution in [3.63, 3.8) is 0 Å². The molecule has 3 aromatic carbocycles. The van der Waals surface area contributed by atoms with Crippen LogP contribution in [-0.4, -0.2) is 4.98 Å². The number of benzene rings is 3. The van der Waals surface area contributed by atoms with Crippen LogP contribution in [0.1, 0.15) is 22.3 Å². The Hall–Kier alpha value is -2.32. The first kappa shape index (κ1) is 24.9. The van der Waals surface area contributed by atoms with Gasteiger partial charge in [0.05, 0.1) is 0 Å². The van der Waals surface area contributed by atoms with Gasteiger partial charge in [-0.1, -0.05) is 79.7 Å². The third-order valence-corrected chi connectivity index (χ3v) is 5.43. The van der Waals surface area contributed by atoms with Crippen molar-refractivity contribution in [3.05, 3.63) is 126 Å². The van der Waals surface area contributed by atoms with Crippen LogP contribution in [0.4, 0.5) is 0 Å². The summed E-state index contributed by atoms with van der Waals surface area (Å²) in [4.78, 5) is 5.83. The molecule has 0 aliphatic heterocycles. The van der Waals surface area contributed by atoms with Gasteiger partial charge in [0.25, 0.3) is 0 Å². The second-order valence-corrected chi connectivity index (χ2v) is 7.71. The monoisotopic (exact) mass is 619 g/mol. The molecule has 4 aromatic rings. The molecular weight excluding hydrogens is 598 g/mol. The molecule has 0 N–H and O–H groups in total. The Kier molecular flexibility index (Phi) is 10.1. The molecule has 0 atom stereocenters. The van der Waals surface area contributed by atoms with Crippen LogP contribution in [0.3, 0.4) is 0 Å². The van der Waals surface area contributed by atoms with Crippen molar-refractivity contribution in [1.29, 1.82) is 0 Å². The molecule has 0 aliphatic rings. The summed E-state index contributed by atoms with van der Waals surface area (Å²) in [5, 5.41) is 0. The summed E-state index contributed by atoms with van der Waals surface area (Å²) in [6.45, 7) is 4.11. The molecule has 0 fully saturated rings. The van der Waals surface area contributed by atoms with Crippen LogP contribution in [-0.2, 0) is 46.3 Å². The number of hydrogen-bond acceptors (Lipinski definition) is 3. The SMILES string of the molecule is Cc1ccc(-c2[c-]ccc(C)c2)nc1.[Pt].[S-]/C(=C(\[S-])c1ccccc1)c1ccccc1. The van der Waals surface area contributed by atoms with Crippen molar-refractivity contribution in [2.24, 2.45) is 0 Å². The van der Waals surface area contributed by atoms with Crippen LogP contribution >= 0.6 is 0 Å². The second kappa shape index (κ2) is 12.5. The first-order valence-electron chi connectivity index (χ1n) is 9.65.